The monoisotopic (exact) mass is 486 g/mol. The van der Waals surface area contributed by atoms with E-state index in [-0.39, 0.29) is 34.3 Å². The number of rotatable bonds is 8. The van der Waals surface area contributed by atoms with Gasteiger partial charge in [-0.05, 0) is 48.2 Å². The van der Waals surface area contributed by atoms with E-state index in [0.717, 1.165) is 10.6 Å². The Hall–Kier alpha value is -1.96. The van der Waals surface area contributed by atoms with Crippen molar-refractivity contribution >= 4 is 44.8 Å². The Morgan fingerprint density at radius 1 is 1.10 bits per heavy atom. The van der Waals surface area contributed by atoms with E-state index in [1.54, 1.807) is 0 Å². The van der Waals surface area contributed by atoms with Crippen molar-refractivity contribution in [2.24, 2.45) is 0 Å². The number of ether oxygens (including phenoxy) is 1. The molecule has 31 heavy (non-hydrogen) atoms. The van der Waals surface area contributed by atoms with Crippen LogP contribution in [0, 0.1) is 0 Å². The third-order valence-electron chi connectivity index (χ3n) is 4.58. The van der Waals surface area contributed by atoms with Crippen molar-refractivity contribution in [1.82, 2.24) is 5.32 Å². The van der Waals surface area contributed by atoms with Crippen LogP contribution in [0.4, 0.5) is 5.69 Å². The number of hydrogen-bond acceptors (Lipinski definition) is 4. The molecule has 0 unspecified atom stereocenters. The fraction of sp³-hybridized carbons (Fsp3) is 0.409. The van der Waals surface area contributed by atoms with Gasteiger partial charge >= 0.3 is 0 Å². The van der Waals surface area contributed by atoms with Gasteiger partial charge < -0.3 is 10.1 Å². The topological polar surface area (TPSA) is 75.7 Å². The molecule has 1 amide bonds. The molecule has 170 valence electrons. The van der Waals surface area contributed by atoms with Crippen LogP contribution in [0.1, 0.15) is 33.3 Å². The molecule has 2 aromatic carbocycles. The van der Waals surface area contributed by atoms with E-state index >= 15 is 0 Å². The smallest absolute Gasteiger partial charge is 0.243 e. The third-order valence-corrected chi connectivity index (χ3v) is 6.26. The second-order valence-electron chi connectivity index (χ2n) is 8.28. The predicted molar refractivity (Wildman–Crippen MR) is 127 cm³/mol. The highest BCUT2D eigenvalue weighted by Gasteiger charge is 2.29. The van der Waals surface area contributed by atoms with Gasteiger partial charge in [0.25, 0.3) is 0 Å². The van der Waals surface area contributed by atoms with Gasteiger partial charge in [0.15, 0.2) is 0 Å². The van der Waals surface area contributed by atoms with Gasteiger partial charge in [-0.2, -0.15) is 0 Å². The summed E-state index contributed by atoms with van der Waals surface area (Å²) in [5.41, 5.74) is 1.48. The summed E-state index contributed by atoms with van der Waals surface area (Å²) in [5.74, 6) is 0.231. The number of anilines is 1. The van der Waals surface area contributed by atoms with Gasteiger partial charge in [0.05, 0.1) is 18.5 Å². The van der Waals surface area contributed by atoms with Crippen molar-refractivity contribution in [3.8, 4) is 5.75 Å². The molecule has 0 fully saturated rings. The minimum Gasteiger partial charge on any atom is -0.492 e. The van der Waals surface area contributed by atoms with Crippen LogP contribution in [0.5, 0.6) is 5.75 Å². The third kappa shape index (κ3) is 7.30. The average Bonchev–Trinajstić information content (AvgIpc) is 2.62. The van der Waals surface area contributed by atoms with Crippen LogP contribution in [0.25, 0.3) is 0 Å². The number of halogens is 2. The number of carbonyl (C=O) groups is 1. The Kier molecular flexibility index (Phi) is 8.25. The molecule has 0 saturated carbocycles. The molecular formula is C22H28Cl2N2O4S. The lowest BCUT2D eigenvalue weighted by Gasteiger charge is -2.28. The maximum Gasteiger partial charge on any atom is 0.243 e. The summed E-state index contributed by atoms with van der Waals surface area (Å²) >= 11 is 12.0. The maximum atomic E-state index is 12.6. The zero-order chi connectivity index (χ0) is 23.4. The minimum atomic E-state index is -3.76. The van der Waals surface area contributed by atoms with E-state index in [4.69, 9.17) is 27.9 Å². The Bertz CT molecular complexity index is 999. The van der Waals surface area contributed by atoms with Crippen LogP contribution in [0.2, 0.25) is 10.0 Å². The van der Waals surface area contributed by atoms with Crippen LogP contribution in [-0.4, -0.2) is 39.8 Å². The molecule has 1 N–H and O–H groups in total. The van der Waals surface area contributed by atoms with Crippen LogP contribution in [0.15, 0.2) is 42.5 Å². The van der Waals surface area contributed by atoms with Crippen molar-refractivity contribution < 1.29 is 17.9 Å². The van der Waals surface area contributed by atoms with Crippen molar-refractivity contribution in [2.75, 3.05) is 23.7 Å². The SMILES string of the molecule is C[C@@H](C(=O)NCCOc1ccc(C(C)(C)C)cc1)N(c1cc(Cl)cc(Cl)c1)S(C)(=O)=O. The van der Waals surface area contributed by atoms with Crippen LogP contribution in [-0.2, 0) is 20.2 Å². The molecule has 0 heterocycles. The number of amides is 1. The first-order valence-corrected chi connectivity index (χ1v) is 12.4. The molecule has 2 aromatic rings. The highest BCUT2D eigenvalue weighted by atomic mass is 35.5. The average molecular weight is 487 g/mol. The quantitative estimate of drug-likeness (QED) is 0.551. The summed E-state index contributed by atoms with van der Waals surface area (Å²) in [4.78, 5) is 12.6. The molecule has 0 aliphatic heterocycles. The van der Waals surface area contributed by atoms with E-state index in [2.05, 4.69) is 26.1 Å². The zero-order valence-corrected chi connectivity index (χ0v) is 20.6. The highest BCUT2D eigenvalue weighted by Crippen LogP contribution is 2.28. The summed E-state index contributed by atoms with van der Waals surface area (Å²) in [6, 6.07) is 11.2. The van der Waals surface area contributed by atoms with Gasteiger partial charge in [-0.15, -0.1) is 0 Å². The number of benzene rings is 2. The Morgan fingerprint density at radius 3 is 2.13 bits per heavy atom. The fourth-order valence-corrected chi connectivity index (χ4v) is 4.69. The van der Waals surface area contributed by atoms with E-state index in [1.165, 1.54) is 30.7 Å². The largest absolute Gasteiger partial charge is 0.492 e. The molecule has 6 nitrogen and oxygen atoms in total. The lowest BCUT2D eigenvalue weighted by atomic mass is 9.87. The van der Waals surface area contributed by atoms with Crippen LogP contribution < -0.4 is 14.4 Å². The molecule has 0 radical (unpaired) electrons. The molecular weight excluding hydrogens is 459 g/mol. The van der Waals surface area contributed by atoms with Gasteiger partial charge in [-0.1, -0.05) is 56.1 Å². The van der Waals surface area contributed by atoms with Gasteiger partial charge in [-0.3, -0.25) is 9.10 Å². The Labute approximate surface area is 194 Å². The fourth-order valence-electron chi connectivity index (χ4n) is 3.02. The standard InChI is InChI=1S/C22H28Cl2N2O4S/c1-15(26(31(5,28)29)19-13-17(23)12-18(24)14-19)21(27)25-10-11-30-20-8-6-16(7-9-20)22(2,3)4/h6-9,12-15H,10-11H2,1-5H3,(H,25,27)/t15-/m0/s1. The van der Waals surface area contributed by atoms with E-state index < -0.39 is 22.0 Å². The van der Waals surface area contributed by atoms with Crippen molar-refractivity contribution in [3.63, 3.8) is 0 Å². The zero-order valence-electron chi connectivity index (χ0n) is 18.3. The van der Waals surface area contributed by atoms with Gasteiger partial charge in [0, 0.05) is 10.0 Å². The summed E-state index contributed by atoms with van der Waals surface area (Å²) in [6.45, 7) is 8.37. The molecule has 9 heteroatoms. The summed E-state index contributed by atoms with van der Waals surface area (Å²) < 4.78 is 31.4. The summed E-state index contributed by atoms with van der Waals surface area (Å²) in [5, 5.41) is 3.25. The number of nitrogens with one attached hydrogen (secondary N) is 1. The van der Waals surface area contributed by atoms with E-state index in [0.29, 0.717) is 5.75 Å². The van der Waals surface area contributed by atoms with Crippen LogP contribution in [0.3, 0.4) is 0 Å². The second-order valence-corrected chi connectivity index (χ2v) is 11.0. The molecule has 0 aliphatic rings. The Balaban J connectivity index is 1.98. The first kappa shape index (κ1) is 25.3. The van der Waals surface area contributed by atoms with E-state index in [9.17, 15) is 13.2 Å². The first-order chi connectivity index (χ1) is 14.3. The molecule has 0 saturated heterocycles. The molecule has 0 aliphatic carbocycles. The molecule has 2 rings (SSSR count). The molecule has 0 aromatic heterocycles. The van der Waals surface area contributed by atoms with E-state index in [1.807, 2.05) is 24.3 Å². The molecule has 0 spiro atoms. The maximum absolute atomic E-state index is 12.6. The number of nitrogens with zero attached hydrogens (tertiary/aromatic N) is 1. The van der Waals surface area contributed by atoms with Crippen LogP contribution >= 0.6 is 23.2 Å². The first-order valence-electron chi connectivity index (χ1n) is 9.75. The number of sulfonamides is 1. The second kappa shape index (κ2) is 10.1. The van der Waals surface area contributed by atoms with Gasteiger partial charge in [0.2, 0.25) is 15.9 Å². The number of carbonyl (C=O) groups excluding carboxylic acids is 1. The highest BCUT2D eigenvalue weighted by molar-refractivity contribution is 7.92. The molecule has 0 bridgehead atoms. The summed E-state index contributed by atoms with van der Waals surface area (Å²) in [6.07, 6.45) is 1.02. The minimum absolute atomic E-state index is 0.0569. The normalized spacial score (nSPS) is 12.9. The van der Waals surface area contributed by atoms with Gasteiger partial charge in [0.1, 0.15) is 18.4 Å². The lowest BCUT2D eigenvalue weighted by molar-refractivity contribution is -0.121. The van der Waals surface area contributed by atoms with Crippen molar-refractivity contribution in [3.05, 3.63) is 58.1 Å². The number of hydrogen-bond donors (Lipinski definition) is 1. The van der Waals surface area contributed by atoms with Gasteiger partial charge in [-0.25, -0.2) is 8.42 Å². The van der Waals surface area contributed by atoms with Crippen molar-refractivity contribution in [2.45, 2.75) is 39.2 Å². The predicted octanol–water partition coefficient (Wildman–Crippen LogP) is 4.64. The molecule has 1 atom stereocenters. The van der Waals surface area contributed by atoms with Crippen molar-refractivity contribution in [1.29, 1.82) is 0 Å². The Morgan fingerprint density at radius 2 is 1.65 bits per heavy atom. The summed E-state index contributed by atoms with van der Waals surface area (Å²) in [7, 11) is -3.76. The lowest BCUT2D eigenvalue weighted by Crippen LogP contribution is -2.48.